The number of aryl methyl sites for hydroxylation is 1. The number of fused-ring (bicyclic) bond motifs is 1. The minimum atomic E-state index is -1.03. The van der Waals surface area contributed by atoms with Gasteiger partial charge in [0.2, 0.25) is 0 Å². The van der Waals surface area contributed by atoms with Crippen molar-refractivity contribution in [2.75, 3.05) is 33.4 Å². The van der Waals surface area contributed by atoms with Gasteiger partial charge in [0.25, 0.3) is 5.91 Å². The quantitative estimate of drug-likeness (QED) is 0.406. The molecule has 36 heavy (non-hydrogen) atoms. The summed E-state index contributed by atoms with van der Waals surface area (Å²) < 4.78 is 7.17. The second-order valence-corrected chi connectivity index (χ2v) is 9.69. The number of carboxylic acid groups (broad SMARTS) is 1. The molecule has 1 fully saturated rings. The minimum Gasteiger partial charge on any atom is -0.465 e. The van der Waals surface area contributed by atoms with Crippen LogP contribution in [0.5, 0.6) is 0 Å². The van der Waals surface area contributed by atoms with E-state index in [1.54, 1.807) is 12.0 Å². The van der Waals surface area contributed by atoms with Crippen LogP contribution < -0.4 is 0 Å². The molecule has 0 bridgehead atoms. The van der Waals surface area contributed by atoms with E-state index in [0.29, 0.717) is 37.8 Å². The Kier molecular flexibility index (Phi) is 8.14. The van der Waals surface area contributed by atoms with Gasteiger partial charge in [-0.3, -0.25) is 4.79 Å². The molecular formula is C24H34N8O4. The number of hydrogen-bond donors (Lipinski definition) is 2. The number of nitrogens with one attached hydrogen (secondary N) is 1. The molecule has 0 unspecified atom stereocenters. The molecule has 1 aromatic carbocycles. The molecule has 2 aromatic heterocycles. The van der Waals surface area contributed by atoms with E-state index in [9.17, 15) is 14.7 Å². The van der Waals surface area contributed by atoms with E-state index in [1.807, 2.05) is 42.7 Å². The fourth-order valence-electron chi connectivity index (χ4n) is 4.89. The number of tetrazole rings is 1. The molecule has 1 aliphatic rings. The SMILES string of the molecule is COCCCCn1c(C(=O)N(CC(C)C)[C@H]2C[C@@H](c3nnn[nH]3)CN(C(=O)O)C2)nc2ccccc21. The highest BCUT2D eigenvalue weighted by Crippen LogP contribution is 2.29. The van der Waals surface area contributed by atoms with Crippen LogP contribution in [0.3, 0.4) is 0 Å². The van der Waals surface area contributed by atoms with Gasteiger partial charge in [0.05, 0.1) is 17.1 Å². The lowest BCUT2D eigenvalue weighted by atomic mass is 9.92. The first kappa shape index (κ1) is 25.5. The van der Waals surface area contributed by atoms with Crippen LogP contribution in [0.15, 0.2) is 24.3 Å². The molecule has 1 saturated heterocycles. The van der Waals surface area contributed by atoms with E-state index >= 15 is 0 Å². The number of aromatic amines is 1. The zero-order valence-electron chi connectivity index (χ0n) is 21.0. The van der Waals surface area contributed by atoms with E-state index < -0.39 is 6.09 Å². The number of nitrogens with zero attached hydrogens (tertiary/aromatic N) is 7. The maximum absolute atomic E-state index is 14.1. The van der Waals surface area contributed by atoms with E-state index in [4.69, 9.17) is 9.72 Å². The number of amides is 2. The summed E-state index contributed by atoms with van der Waals surface area (Å²) in [6.45, 7) is 6.35. The first-order valence-electron chi connectivity index (χ1n) is 12.4. The van der Waals surface area contributed by atoms with Gasteiger partial charge in [-0.05, 0) is 47.7 Å². The Bertz CT molecular complexity index is 1160. The maximum Gasteiger partial charge on any atom is 0.407 e. The standard InChI is InChI=1S/C24H34N8O4/c1-16(2)13-32(18-12-17(21-26-28-29-27-21)14-30(15-18)24(34)35)23(33)22-25-19-8-4-5-9-20(19)31(22)10-6-7-11-36-3/h4-5,8-9,16-18H,6-7,10-15H2,1-3H3,(H,34,35)(H,26,27,28,29)/t17-,18+/m1/s1. The van der Waals surface area contributed by atoms with Crippen molar-refractivity contribution in [3.05, 3.63) is 35.9 Å². The number of carbonyl (C=O) groups is 2. The van der Waals surface area contributed by atoms with Crippen molar-refractivity contribution < 1.29 is 19.4 Å². The number of unbranched alkanes of at least 4 members (excludes halogenated alkanes) is 1. The third kappa shape index (κ3) is 5.64. The van der Waals surface area contributed by atoms with Gasteiger partial charge in [-0.25, -0.2) is 14.9 Å². The lowest BCUT2D eigenvalue weighted by Crippen LogP contribution is -2.54. The molecule has 3 heterocycles. The third-order valence-corrected chi connectivity index (χ3v) is 6.54. The van der Waals surface area contributed by atoms with Crippen LogP contribution >= 0.6 is 0 Å². The molecule has 0 radical (unpaired) electrons. The van der Waals surface area contributed by atoms with Gasteiger partial charge in [-0.2, -0.15) is 0 Å². The zero-order chi connectivity index (χ0) is 25.7. The molecule has 1 aliphatic heterocycles. The highest BCUT2D eigenvalue weighted by Gasteiger charge is 2.38. The minimum absolute atomic E-state index is 0.180. The van der Waals surface area contributed by atoms with Crippen LogP contribution in [0, 0.1) is 5.92 Å². The lowest BCUT2D eigenvalue weighted by molar-refractivity contribution is 0.0453. The number of rotatable bonds is 10. The Hall–Kier alpha value is -3.54. The average Bonchev–Trinajstić information content (AvgIpc) is 3.53. The van der Waals surface area contributed by atoms with Crippen LogP contribution in [-0.2, 0) is 11.3 Å². The smallest absolute Gasteiger partial charge is 0.407 e. The highest BCUT2D eigenvalue weighted by atomic mass is 16.5. The van der Waals surface area contributed by atoms with Gasteiger partial charge in [0, 0.05) is 45.8 Å². The topological polar surface area (TPSA) is 142 Å². The Morgan fingerprint density at radius 1 is 1.25 bits per heavy atom. The van der Waals surface area contributed by atoms with Crippen molar-refractivity contribution in [2.45, 2.75) is 51.6 Å². The number of H-pyrrole nitrogens is 1. The van der Waals surface area contributed by atoms with Crippen molar-refractivity contribution in [2.24, 2.45) is 5.92 Å². The largest absolute Gasteiger partial charge is 0.465 e. The summed E-state index contributed by atoms with van der Waals surface area (Å²) >= 11 is 0. The number of imidazole rings is 1. The number of likely N-dealkylation sites (tertiary alicyclic amines) is 1. The Labute approximate surface area is 209 Å². The van der Waals surface area contributed by atoms with Crippen molar-refractivity contribution in [3.8, 4) is 0 Å². The summed E-state index contributed by atoms with van der Waals surface area (Å²) in [4.78, 5) is 34.0. The van der Waals surface area contributed by atoms with E-state index in [1.165, 1.54) is 4.90 Å². The van der Waals surface area contributed by atoms with Crippen LogP contribution in [0.4, 0.5) is 4.79 Å². The van der Waals surface area contributed by atoms with Gasteiger partial charge in [0.1, 0.15) is 0 Å². The Morgan fingerprint density at radius 3 is 2.75 bits per heavy atom. The van der Waals surface area contributed by atoms with Gasteiger partial charge >= 0.3 is 6.09 Å². The van der Waals surface area contributed by atoms with Crippen LogP contribution in [0.25, 0.3) is 11.0 Å². The van der Waals surface area contributed by atoms with Crippen LogP contribution in [0.2, 0.25) is 0 Å². The molecule has 12 nitrogen and oxygen atoms in total. The predicted octanol–water partition coefficient (Wildman–Crippen LogP) is 2.61. The molecule has 12 heteroatoms. The normalized spacial score (nSPS) is 18.2. The van der Waals surface area contributed by atoms with Crippen molar-refractivity contribution in [1.82, 2.24) is 40.0 Å². The third-order valence-electron chi connectivity index (χ3n) is 6.54. The number of hydrogen-bond acceptors (Lipinski definition) is 7. The molecule has 0 spiro atoms. The second-order valence-electron chi connectivity index (χ2n) is 9.69. The van der Waals surface area contributed by atoms with E-state index in [0.717, 1.165) is 23.9 Å². The summed E-state index contributed by atoms with van der Waals surface area (Å²) in [7, 11) is 1.68. The summed E-state index contributed by atoms with van der Waals surface area (Å²) in [5, 5.41) is 23.9. The van der Waals surface area contributed by atoms with Crippen LogP contribution in [-0.4, -0.2) is 96.5 Å². The summed E-state index contributed by atoms with van der Waals surface area (Å²) in [5.41, 5.74) is 1.67. The molecule has 0 saturated carbocycles. The average molecular weight is 499 g/mol. The number of methoxy groups -OCH3 is 1. The second kappa shape index (κ2) is 11.5. The van der Waals surface area contributed by atoms with Gasteiger partial charge < -0.3 is 24.2 Å². The van der Waals surface area contributed by atoms with E-state index in [2.05, 4.69) is 20.6 Å². The summed E-state index contributed by atoms with van der Waals surface area (Å²) in [6.07, 6.45) is 1.23. The van der Waals surface area contributed by atoms with Gasteiger partial charge in [-0.15, -0.1) is 5.10 Å². The highest BCUT2D eigenvalue weighted by molar-refractivity contribution is 5.95. The molecule has 2 amide bonds. The molecule has 3 aromatic rings. The number of aromatic nitrogens is 6. The molecule has 0 aliphatic carbocycles. The predicted molar refractivity (Wildman–Crippen MR) is 132 cm³/mol. The summed E-state index contributed by atoms with van der Waals surface area (Å²) in [5.74, 6) is 0.635. The van der Waals surface area contributed by atoms with Crippen molar-refractivity contribution in [3.63, 3.8) is 0 Å². The van der Waals surface area contributed by atoms with Crippen molar-refractivity contribution >= 4 is 23.0 Å². The molecule has 4 rings (SSSR count). The molecule has 194 valence electrons. The number of carbonyl (C=O) groups excluding carboxylic acids is 1. The fourth-order valence-corrected chi connectivity index (χ4v) is 4.89. The zero-order valence-corrected chi connectivity index (χ0v) is 21.0. The fraction of sp³-hybridized carbons (Fsp3) is 0.583. The molecule has 2 atom stereocenters. The number of para-hydroxylation sites is 2. The van der Waals surface area contributed by atoms with Crippen LogP contribution in [0.1, 0.15) is 55.5 Å². The monoisotopic (exact) mass is 498 g/mol. The Morgan fingerprint density at radius 2 is 2.06 bits per heavy atom. The lowest BCUT2D eigenvalue weighted by Gasteiger charge is -2.41. The number of piperidine rings is 1. The van der Waals surface area contributed by atoms with Gasteiger partial charge in [0.15, 0.2) is 11.6 Å². The molecular weight excluding hydrogens is 464 g/mol. The van der Waals surface area contributed by atoms with Crippen molar-refractivity contribution in [1.29, 1.82) is 0 Å². The summed E-state index contributed by atoms with van der Waals surface area (Å²) in [6, 6.07) is 7.39. The number of ether oxygens (including phenoxy) is 1. The number of benzene rings is 1. The maximum atomic E-state index is 14.1. The molecule has 2 N–H and O–H groups in total. The van der Waals surface area contributed by atoms with E-state index in [-0.39, 0.29) is 36.9 Å². The Balaban J connectivity index is 1.68. The van der Waals surface area contributed by atoms with Gasteiger partial charge in [-0.1, -0.05) is 26.0 Å². The first-order valence-corrected chi connectivity index (χ1v) is 12.4. The first-order chi connectivity index (χ1) is 17.4.